The maximum absolute atomic E-state index is 13.5. The summed E-state index contributed by atoms with van der Waals surface area (Å²) in [6, 6.07) is 12.1. The van der Waals surface area contributed by atoms with Crippen LogP contribution in [0.4, 0.5) is 4.39 Å². The Hall–Kier alpha value is -2.73. The predicted octanol–water partition coefficient (Wildman–Crippen LogP) is 3.17. The van der Waals surface area contributed by atoms with Crippen molar-refractivity contribution in [3.8, 4) is 11.8 Å². The van der Waals surface area contributed by atoms with E-state index in [9.17, 15) is 4.39 Å². The zero-order valence-corrected chi connectivity index (χ0v) is 9.97. The second-order valence-corrected chi connectivity index (χ2v) is 4.00. The van der Waals surface area contributed by atoms with Crippen molar-refractivity contribution in [1.82, 2.24) is 9.97 Å². The Morgan fingerprint density at radius 3 is 2.58 bits per heavy atom. The number of fused-ring (bicyclic) bond motifs is 1. The van der Waals surface area contributed by atoms with E-state index in [2.05, 4.69) is 21.8 Å². The van der Waals surface area contributed by atoms with Crippen LogP contribution in [0.5, 0.6) is 0 Å². The highest BCUT2D eigenvalue weighted by molar-refractivity contribution is 5.83. The Balaban J connectivity index is 2.11. The Kier molecular flexibility index (Phi) is 2.91. The molecule has 90 valence electrons. The molecule has 0 spiro atoms. The first kappa shape index (κ1) is 11.4. The first-order chi connectivity index (χ1) is 9.34. The fraction of sp³-hybridized carbons (Fsp3) is 0. The highest BCUT2D eigenvalue weighted by atomic mass is 19.1. The van der Waals surface area contributed by atoms with Crippen LogP contribution in [0.3, 0.4) is 0 Å². The van der Waals surface area contributed by atoms with Gasteiger partial charge in [0.05, 0.1) is 16.6 Å². The van der Waals surface area contributed by atoms with Gasteiger partial charge in [0.25, 0.3) is 0 Å². The summed E-state index contributed by atoms with van der Waals surface area (Å²) in [6.07, 6.45) is 3.22. The largest absolute Gasteiger partial charge is 0.244 e. The van der Waals surface area contributed by atoms with Crippen LogP contribution in [-0.2, 0) is 0 Å². The van der Waals surface area contributed by atoms with Crippen molar-refractivity contribution in [3.05, 3.63) is 71.9 Å². The van der Waals surface area contributed by atoms with E-state index in [1.807, 2.05) is 18.2 Å². The molecule has 1 heterocycles. The van der Waals surface area contributed by atoms with Crippen molar-refractivity contribution < 1.29 is 4.39 Å². The minimum atomic E-state index is -0.315. The van der Waals surface area contributed by atoms with E-state index in [-0.39, 0.29) is 5.82 Å². The number of benzene rings is 2. The van der Waals surface area contributed by atoms with Gasteiger partial charge in [-0.25, -0.2) is 14.4 Å². The lowest BCUT2D eigenvalue weighted by molar-refractivity contribution is 0.624. The molecule has 3 aromatic rings. The third-order valence-corrected chi connectivity index (χ3v) is 2.74. The van der Waals surface area contributed by atoms with Crippen LogP contribution < -0.4 is 0 Å². The molecule has 0 unspecified atom stereocenters. The van der Waals surface area contributed by atoms with Crippen molar-refractivity contribution >= 4 is 10.9 Å². The normalized spacial score (nSPS) is 9.95. The number of rotatable bonds is 0. The van der Waals surface area contributed by atoms with Crippen LogP contribution >= 0.6 is 0 Å². The van der Waals surface area contributed by atoms with Crippen LogP contribution in [0.25, 0.3) is 10.9 Å². The molecule has 0 saturated carbocycles. The maximum atomic E-state index is 13.5. The topological polar surface area (TPSA) is 25.8 Å². The molecule has 2 nitrogen and oxygen atoms in total. The summed E-state index contributed by atoms with van der Waals surface area (Å²) in [5.41, 5.74) is 1.93. The van der Waals surface area contributed by atoms with E-state index in [0.29, 0.717) is 5.56 Å². The molecule has 0 bridgehead atoms. The second-order valence-electron chi connectivity index (χ2n) is 4.00. The number of halogens is 1. The molecule has 0 aliphatic carbocycles. The van der Waals surface area contributed by atoms with Gasteiger partial charge in [-0.3, -0.25) is 0 Å². The minimum absolute atomic E-state index is 0.315. The van der Waals surface area contributed by atoms with Crippen molar-refractivity contribution in [2.75, 3.05) is 0 Å². The first-order valence-electron chi connectivity index (χ1n) is 5.80. The average molecular weight is 248 g/mol. The molecular formula is C16H9FN2. The predicted molar refractivity (Wildman–Crippen MR) is 71.9 cm³/mol. The monoisotopic (exact) mass is 248 g/mol. The van der Waals surface area contributed by atoms with Crippen LogP contribution in [0.2, 0.25) is 0 Å². The van der Waals surface area contributed by atoms with Crippen molar-refractivity contribution in [1.29, 1.82) is 0 Å². The van der Waals surface area contributed by atoms with Crippen LogP contribution in [0, 0.1) is 17.7 Å². The van der Waals surface area contributed by atoms with Crippen molar-refractivity contribution in [3.63, 3.8) is 0 Å². The van der Waals surface area contributed by atoms with Gasteiger partial charge in [0.1, 0.15) is 12.1 Å². The molecule has 0 aliphatic heterocycles. The van der Waals surface area contributed by atoms with Gasteiger partial charge in [-0.2, -0.15) is 0 Å². The number of hydrogen-bond donors (Lipinski definition) is 0. The molecule has 0 amide bonds. The van der Waals surface area contributed by atoms with E-state index in [1.165, 1.54) is 12.4 Å². The SMILES string of the molecule is Fc1ccccc1C#Cc1cccc2cncnc12. The third kappa shape index (κ3) is 2.29. The Labute approximate surface area is 110 Å². The van der Waals surface area contributed by atoms with Crippen molar-refractivity contribution in [2.45, 2.75) is 0 Å². The summed E-state index contributed by atoms with van der Waals surface area (Å²) in [5.74, 6) is 5.49. The van der Waals surface area contributed by atoms with E-state index < -0.39 is 0 Å². The quantitative estimate of drug-likeness (QED) is 0.571. The van der Waals surface area contributed by atoms with Crippen molar-refractivity contribution in [2.24, 2.45) is 0 Å². The number of nitrogens with zero attached hydrogens (tertiary/aromatic N) is 2. The first-order valence-corrected chi connectivity index (χ1v) is 5.80. The highest BCUT2D eigenvalue weighted by Crippen LogP contribution is 2.14. The van der Waals surface area contributed by atoms with E-state index in [0.717, 1.165) is 16.5 Å². The minimum Gasteiger partial charge on any atom is -0.244 e. The molecule has 3 rings (SSSR count). The molecule has 2 aromatic carbocycles. The summed E-state index contributed by atoms with van der Waals surface area (Å²) in [7, 11) is 0. The van der Waals surface area contributed by atoms with Gasteiger partial charge in [-0.15, -0.1) is 0 Å². The molecule has 0 radical (unpaired) electrons. The molecule has 3 heteroatoms. The van der Waals surface area contributed by atoms with Gasteiger partial charge in [0.15, 0.2) is 0 Å². The average Bonchev–Trinajstić information content (AvgIpc) is 2.46. The molecule has 0 saturated heterocycles. The molecule has 19 heavy (non-hydrogen) atoms. The second kappa shape index (κ2) is 4.87. The van der Waals surface area contributed by atoms with Crippen LogP contribution in [0.15, 0.2) is 55.0 Å². The Morgan fingerprint density at radius 1 is 0.895 bits per heavy atom. The molecule has 0 aliphatic rings. The van der Waals surface area contributed by atoms with Gasteiger partial charge >= 0.3 is 0 Å². The third-order valence-electron chi connectivity index (χ3n) is 2.74. The molecule has 0 atom stereocenters. The Morgan fingerprint density at radius 2 is 1.68 bits per heavy atom. The van der Waals surface area contributed by atoms with Gasteiger partial charge in [0, 0.05) is 11.6 Å². The molecule has 0 N–H and O–H groups in total. The summed E-state index contributed by atoms with van der Waals surface area (Å²) < 4.78 is 13.5. The number of aromatic nitrogens is 2. The summed E-state index contributed by atoms with van der Waals surface area (Å²) in [6.45, 7) is 0. The highest BCUT2D eigenvalue weighted by Gasteiger charge is 1.99. The Bertz CT molecular complexity index is 795. The zero-order chi connectivity index (χ0) is 13.1. The summed E-state index contributed by atoms with van der Waals surface area (Å²) >= 11 is 0. The van der Waals surface area contributed by atoms with E-state index in [1.54, 1.807) is 24.4 Å². The zero-order valence-electron chi connectivity index (χ0n) is 9.97. The molecular weight excluding hydrogens is 239 g/mol. The van der Waals surface area contributed by atoms with Gasteiger partial charge in [-0.05, 0) is 18.2 Å². The number of hydrogen-bond acceptors (Lipinski definition) is 2. The van der Waals surface area contributed by atoms with Gasteiger partial charge < -0.3 is 0 Å². The van der Waals surface area contributed by atoms with E-state index >= 15 is 0 Å². The fourth-order valence-electron chi connectivity index (χ4n) is 1.81. The summed E-state index contributed by atoms with van der Waals surface area (Å²) in [4.78, 5) is 8.18. The summed E-state index contributed by atoms with van der Waals surface area (Å²) in [5, 5.41) is 0.919. The lowest BCUT2D eigenvalue weighted by atomic mass is 10.1. The lowest BCUT2D eigenvalue weighted by Crippen LogP contribution is -1.86. The molecule has 0 fully saturated rings. The maximum Gasteiger partial charge on any atom is 0.138 e. The van der Waals surface area contributed by atoms with Gasteiger partial charge in [-0.1, -0.05) is 36.1 Å². The fourth-order valence-corrected chi connectivity index (χ4v) is 1.81. The van der Waals surface area contributed by atoms with Crippen LogP contribution in [0.1, 0.15) is 11.1 Å². The smallest absolute Gasteiger partial charge is 0.138 e. The van der Waals surface area contributed by atoms with E-state index in [4.69, 9.17) is 0 Å². The number of para-hydroxylation sites is 1. The lowest BCUT2D eigenvalue weighted by Gasteiger charge is -1.97. The molecule has 1 aromatic heterocycles. The van der Waals surface area contributed by atoms with Crippen LogP contribution in [-0.4, -0.2) is 9.97 Å². The van der Waals surface area contributed by atoms with Gasteiger partial charge in [0.2, 0.25) is 0 Å². The standard InChI is InChI=1S/C16H9FN2/c17-15-7-2-1-4-12(15)8-9-13-5-3-6-14-10-18-11-19-16(13)14/h1-7,10-11H.